The molecule has 0 bridgehead atoms. The Morgan fingerprint density at radius 1 is 1.29 bits per heavy atom. The Bertz CT molecular complexity index is 214. The Balaban J connectivity index is -0.000000163. The third-order valence-corrected chi connectivity index (χ3v) is 0.578. The van der Waals surface area contributed by atoms with Crippen molar-refractivity contribution in [1.82, 2.24) is 0 Å². The van der Waals surface area contributed by atoms with Crippen molar-refractivity contribution in [3.05, 3.63) is 0 Å². The average Bonchev–Trinajstić information content (AvgIpc) is 1.85. The maximum atomic E-state index is 10.6. The molecule has 0 atom stereocenters. The number of halogens is 3. The van der Waals surface area contributed by atoms with Crippen LogP contribution in [0.2, 0.25) is 0 Å². The summed E-state index contributed by atoms with van der Waals surface area (Å²) < 4.78 is 31.7. The Morgan fingerprint density at radius 3 is 1.43 bits per heavy atom. The Morgan fingerprint density at radius 2 is 1.43 bits per heavy atom. The Hall–Kier alpha value is -0.627. The molecular formula is C7H10F3NO2Ru. The summed E-state index contributed by atoms with van der Waals surface area (Å²) in [5.41, 5.74) is -0.153. The van der Waals surface area contributed by atoms with Gasteiger partial charge >= 0.3 is 12.1 Å². The molecule has 0 aliphatic heterocycles. The molecule has 0 heterocycles. The first-order chi connectivity index (χ1) is 5.50. The molecule has 0 unspecified atom stereocenters. The van der Waals surface area contributed by atoms with Crippen molar-refractivity contribution in [1.29, 1.82) is 5.26 Å². The first-order valence-electron chi connectivity index (χ1n) is 3.22. The molecule has 0 fully saturated rings. The predicted molar refractivity (Wildman–Crippen MR) is 38.8 cm³/mol. The number of carboxylic acids is 1. The van der Waals surface area contributed by atoms with Gasteiger partial charge in [-0.2, -0.15) is 18.4 Å². The van der Waals surface area contributed by atoms with Gasteiger partial charge in [0, 0.05) is 24.9 Å². The number of nitriles is 1. The van der Waals surface area contributed by atoms with Crippen LogP contribution < -0.4 is 0 Å². The van der Waals surface area contributed by atoms with Crippen molar-refractivity contribution in [2.24, 2.45) is 5.41 Å². The minimum absolute atomic E-state index is 0. The Labute approximate surface area is 92.7 Å². The fraction of sp³-hybridized carbons (Fsp3) is 0.714. The molecule has 0 aromatic rings. The molecule has 0 rings (SSSR count). The van der Waals surface area contributed by atoms with Crippen LogP contribution in [0.4, 0.5) is 13.2 Å². The van der Waals surface area contributed by atoms with Gasteiger partial charge in [0.05, 0.1) is 6.07 Å². The smallest absolute Gasteiger partial charge is 0.475 e. The second-order valence-electron chi connectivity index (χ2n) is 3.16. The number of carbonyl (C=O) groups is 1. The van der Waals surface area contributed by atoms with Crippen LogP contribution in [0.3, 0.4) is 0 Å². The molecule has 3 nitrogen and oxygen atoms in total. The van der Waals surface area contributed by atoms with Crippen molar-refractivity contribution in [2.45, 2.75) is 26.9 Å². The van der Waals surface area contributed by atoms with Crippen LogP contribution in [0.5, 0.6) is 0 Å². The van der Waals surface area contributed by atoms with E-state index in [0.717, 1.165) is 0 Å². The normalized spacial score (nSPS) is 10.1. The summed E-state index contributed by atoms with van der Waals surface area (Å²) in [6, 6.07) is 2.10. The van der Waals surface area contributed by atoms with Crippen molar-refractivity contribution >= 4 is 5.97 Å². The molecule has 84 valence electrons. The zero-order chi connectivity index (χ0) is 11.3. The maximum Gasteiger partial charge on any atom is 0.490 e. The van der Waals surface area contributed by atoms with Crippen molar-refractivity contribution in [3.8, 4) is 6.07 Å². The van der Waals surface area contributed by atoms with Gasteiger partial charge in [-0.3, -0.25) is 0 Å². The molecule has 0 aliphatic carbocycles. The summed E-state index contributed by atoms with van der Waals surface area (Å²) in [4.78, 5) is 8.90. The number of carboxylic acid groups (broad SMARTS) is 1. The van der Waals surface area contributed by atoms with E-state index in [1.54, 1.807) is 0 Å². The molecule has 0 aromatic carbocycles. The third kappa shape index (κ3) is 17.5. The zero-order valence-electron chi connectivity index (χ0n) is 7.79. The summed E-state index contributed by atoms with van der Waals surface area (Å²) >= 11 is 0. The van der Waals surface area contributed by atoms with Crippen LogP contribution in [0.1, 0.15) is 20.8 Å². The minimum atomic E-state index is -5.08. The standard InChI is InChI=1S/C5H9N.C2HF3O2.Ru/c1-5(2,3)4-6;3-2(4,5)1(6)7;/h1-3H3;(H,6,7);. The van der Waals surface area contributed by atoms with Gasteiger partial charge in [0.2, 0.25) is 0 Å². The van der Waals surface area contributed by atoms with Crippen molar-refractivity contribution in [2.75, 3.05) is 0 Å². The fourth-order valence-electron chi connectivity index (χ4n) is 0. The maximum absolute atomic E-state index is 10.6. The van der Waals surface area contributed by atoms with E-state index in [1.165, 1.54) is 0 Å². The predicted octanol–water partition coefficient (Wildman–Crippen LogP) is 2.19. The van der Waals surface area contributed by atoms with Crippen molar-refractivity contribution < 1.29 is 42.6 Å². The largest absolute Gasteiger partial charge is 0.490 e. The first-order valence-corrected chi connectivity index (χ1v) is 3.22. The zero-order valence-corrected chi connectivity index (χ0v) is 9.53. The van der Waals surface area contributed by atoms with Gasteiger partial charge in [0.25, 0.3) is 0 Å². The quantitative estimate of drug-likeness (QED) is 0.697. The summed E-state index contributed by atoms with van der Waals surface area (Å²) in [5.74, 6) is -2.76. The van der Waals surface area contributed by atoms with Crippen LogP contribution in [0, 0.1) is 16.7 Å². The van der Waals surface area contributed by atoms with E-state index in [0.29, 0.717) is 0 Å². The van der Waals surface area contributed by atoms with E-state index >= 15 is 0 Å². The average molecular weight is 298 g/mol. The monoisotopic (exact) mass is 299 g/mol. The van der Waals surface area contributed by atoms with Gasteiger partial charge in [-0.1, -0.05) is 0 Å². The molecule has 0 spiro atoms. The third-order valence-electron chi connectivity index (χ3n) is 0.578. The molecule has 14 heavy (non-hydrogen) atoms. The van der Waals surface area contributed by atoms with E-state index in [9.17, 15) is 13.2 Å². The van der Waals surface area contributed by atoms with E-state index in [4.69, 9.17) is 15.2 Å². The van der Waals surface area contributed by atoms with E-state index in [1.807, 2.05) is 20.8 Å². The van der Waals surface area contributed by atoms with E-state index in [-0.39, 0.29) is 24.9 Å². The summed E-state index contributed by atoms with van der Waals surface area (Å²) in [6.45, 7) is 5.65. The number of nitrogens with zero attached hydrogens (tertiary/aromatic N) is 1. The van der Waals surface area contributed by atoms with E-state index in [2.05, 4.69) is 6.07 Å². The number of alkyl halides is 3. The van der Waals surface area contributed by atoms with Crippen LogP contribution in [-0.2, 0) is 24.3 Å². The van der Waals surface area contributed by atoms with Crippen LogP contribution in [-0.4, -0.2) is 17.3 Å². The molecule has 0 aliphatic rings. The van der Waals surface area contributed by atoms with Gasteiger partial charge in [-0.05, 0) is 20.8 Å². The number of aliphatic carboxylic acids is 1. The van der Waals surface area contributed by atoms with Gasteiger partial charge < -0.3 is 5.11 Å². The summed E-state index contributed by atoms with van der Waals surface area (Å²) in [6.07, 6.45) is -5.08. The summed E-state index contributed by atoms with van der Waals surface area (Å²) in [7, 11) is 0. The van der Waals surface area contributed by atoms with E-state index < -0.39 is 12.1 Å². The number of hydrogen-bond acceptors (Lipinski definition) is 2. The first kappa shape index (κ1) is 19.0. The molecule has 0 saturated carbocycles. The molecule has 1 N–H and O–H groups in total. The van der Waals surface area contributed by atoms with Gasteiger partial charge in [-0.15, -0.1) is 0 Å². The fourth-order valence-corrected chi connectivity index (χ4v) is 0. The number of rotatable bonds is 0. The van der Waals surface area contributed by atoms with Crippen LogP contribution >= 0.6 is 0 Å². The van der Waals surface area contributed by atoms with Crippen LogP contribution in [0.25, 0.3) is 0 Å². The molecule has 0 amide bonds. The second-order valence-corrected chi connectivity index (χ2v) is 3.16. The van der Waals surface area contributed by atoms with Gasteiger partial charge in [0.15, 0.2) is 0 Å². The SMILES string of the molecule is CC(C)(C)C#N.O=C(O)C(F)(F)F.[Ru]. The van der Waals surface area contributed by atoms with Gasteiger partial charge in [-0.25, -0.2) is 4.79 Å². The molecule has 0 aromatic heterocycles. The minimum Gasteiger partial charge on any atom is -0.475 e. The molecule has 7 heteroatoms. The number of hydrogen-bond donors (Lipinski definition) is 1. The Kier molecular flexibility index (Phi) is 9.20. The molecular weight excluding hydrogens is 288 g/mol. The van der Waals surface area contributed by atoms with Crippen molar-refractivity contribution in [3.63, 3.8) is 0 Å². The second kappa shape index (κ2) is 6.77. The van der Waals surface area contributed by atoms with Gasteiger partial charge in [0.1, 0.15) is 0 Å². The van der Waals surface area contributed by atoms with Crippen LogP contribution in [0.15, 0.2) is 0 Å². The molecule has 0 radical (unpaired) electrons. The molecule has 0 saturated heterocycles. The summed E-state index contributed by atoms with van der Waals surface area (Å²) in [5, 5.41) is 15.3. The topological polar surface area (TPSA) is 61.1 Å².